The van der Waals surface area contributed by atoms with E-state index in [2.05, 4.69) is 16.9 Å². The number of ether oxygens (including phenoxy) is 1. The third-order valence-electron chi connectivity index (χ3n) is 1.47. The Morgan fingerprint density at radius 1 is 1.47 bits per heavy atom. The standard InChI is InChI=1S/C8H18N2O3S2/c1-2-5-13-6-3-4-10-15(11,12)7-8(9)14/h10H,2-7H2,1H3,(H2,9,14). The highest BCUT2D eigenvalue weighted by Crippen LogP contribution is 1.88. The van der Waals surface area contributed by atoms with Crippen molar-refractivity contribution in [2.45, 2.75) is 19.8 Å². The van der Waals surface area contributed by atoms with Gasteiger partial charge in [-0.2, -0.15) is 0 Å². The van der Waals surface area contributed by atoms with Crippen LogP contribution in [0.5, 0.6) is 0 Å². The van der Waals surface area contributed by atoms with Gasteiger partial charge in [-0.3, -0.25) is 0 Å². The summed E-state index contributed by atoms with van der Waals surface area (Å²) >= 11 is 4.51. The first-order valence-electron chi connectivity index (χ1n) is 4.81. The average molecular weight is 254 g/mol. The molecule has 0 fully saturated rings. The van der Waals surface area contributed by atoms with Crippen molar-refractivity contribution in [1.82, 2.24) is 4.72 Å². The molecule has 0 bridgehead atoms. The summed E-state index contributed by atoms with van der Waals surface area (Å²) in [5, 5.41) is 0. The number of nitrogens with two attached hydrogens (primary N) is 1. The van der Waals surface area contributed by atoms with Gasteiger partial charge in [0, 0.05) is 19.8 Å². The summed E-state index contributed by atoms with van der Waals surface area (Å²) in [6.07, 6.45) is 1.61. The molecule has 0 saturated carbocycles. The van der Waals surface area contributed by atoms with Crippen LogP contribution in [0.4, 0.5) is 0 Å². The van der Waals surface area contributed by atoms with Crippen LogP contribution in [0, 0.1) is 0 Å². The zero-order valence-electron chi connectivity index (χ0n) is 8.86. The Labute approximate surface area is 96.4 Å². The van der Waals surface area contributed by atoms with Crippen LogP contribution in [0.1, 0.15) is 19.8 Å². The molecule has 0 unspecified atom stereocenters. The molecular formula is C8H18N2O3S2. The molecule has 0 aliphatic heterocycles. The molecule has 0 amide bonds. The molecule has 5 nitrogen and oxygen atoms in total. The van der Waals surface area contributed by atoms with E-state index in [0.717, 1.165) is 6.42 Å². The summed E-state index contributed by atoms with van der Waals surface area (Å²) in [5.41, 5.74) is 5.14. The lowest BCUT2D eigenvalue weighted by molar-refractivity contribution is 0.133. The lowest BCUT2D eigenvalue weighted by atomic mass is 10.4. The van der Waals surface area contributed by atoms with Crippen molar-refractivity contribution in [2.24, 2.45) is 5.73 Å². The number of hydrogen-bond acceptors (Lipinski definition) is 4. The summed E-state index contributed by atoms with van der Waals surface area (Å²) in [4.78, 5) is -0.0234. The lowest BCUT2D eigenvalue weighted by Gasteiger charge is -2.05. The molecule has 0 rings (SSSR count). The van der Waals surface area contributed by atoms with E-state index >= 15 is 0 Å². The van der Waals surface area contributed by atoms with Gasteiger partial charge in [0.05, 0.1) is 4.99 Å². The number of sulfonamides is 1. The van der Waals surface area contributed by atoms with Crippen LogP contribution in [-0.2, 0) is 14.8 Å². The van der Waals surface area contributed by atoms with Crippen molar-refractivity contribution < 1.29 is 13.2 Å². The molecule has 7 heteroatoms. The zero-order valence-corrected chi connectivity index (χ0v) is 10.5. The molecule has 0 aliphatic rings. The fourth-order valence-electron chi connectivity index (χ4n) is 0.887. The molecule has 0 atom stereocenters. The normalized spacial score (nSPS) is 11.5. The minimum Gasteiger partial charge on any atom is -0.392 e. The molecule has 0 aliphatic carbocycles. The highest BCUT2D eigenvalue weighted by atomic mass is 32.2. The highest BCUT2D eigenvalue weighted by Gasteiger charge is 2.10. The Morgan fingerprint density at radius 2 is 2.13 bits per heavy atom. The Hall–Kier alpha value is -0.240. The molecule has 0 heterocycles. The summed E-state index contributed by atoms with van der Waals surface area (Å²) < 4.78 is 30.0. The minimum absolute atomic E-state index is 0.0234. The van der Waals surface area contributed by atoms with E-state index in [1.54, 1.807) is 0 Å². The topological polar surface area (TPSA) is 81.4 Å². The molecule has 90 valence electrons. The molecule has 15 heavy (non-hydrogen) atoms. The Bertz CT molecular complexity index is 278. The maximum atomic E-state index is 11.2. The Kier molecular flexibility index (Phi) is 7.85. The highest BCUT2D eigenvalue weighted by molar-refractivity contribution is 7.92. The van der Waals surface area contributed by atoms with Crippen LogP contribution in [0.2, 0.25) is 0 Å². The first-order valence-corrected chi connectivity index (χ1v) is 6.87. The predicted molar refractivity (Wildman–Crippen MR) is 64.3 cm³/mol. The average Bonchev–Trinajstić information content (AvgIpc) is 2.08. The monoisotopic (exact) mass is 254 g/mol. The Morgan fingerprint density at radius 3 is 2.67 bits per heavy atom. The fourth-order valence-corrected chi connectivity index (χ4v) is 2.28. The van der Waals surface area contributed by atoms with Crippen molar-refractivity contribution in [3.8, 4) is 0 Å². The predicted octanol–water partition coefficient (Wildman–Crippen LogP) is 0.00860. The third-order valence-corrected chi connectivity index (χ3v) is 3.13. The van der Waals surface area contributed by atoms with Gasteiger partial charge in [-0.15, -0.1) is 0 Å². The number of hydrogen-bond donors (Lipinski definition) is 2. The van der Waals surface area contributed by atoms with Gasteiger partial charge in [0.15, 0.2) is 0 Å². The molecule has 0 aromatic heterocycles. The van der Waals surface area contributed by atoms with Gasteiger partial charge in [-0.1, -0.05) is 19.1 Å². The molecule has 3 N–H and O–H groups in total. The van der Waals surface area contributed by atoms with E-state index in [0.29, 0.717) is 26.2 Å². The largest absolute Gasteiger partial charge is 0.392 e. The van der Waals surface area contributed by atoms with E-state index < -0.39 is 10.0 Å². The SMILES string of the molecule is CCCOCCCNS(=O)(=O)CC(N)=S. The summed E-state index contributed by atoms with van der Waals surface area (Å²) in [5.74, 6) is -0.294. The van der Waals surface area contributed by atoms with E-state index in [4.69, 9.17) is 10.5 Å². The third kappa shape index (κ3) is 10.1. The van der Waals surface area contributed by atoms with Crippen LogP contribution in [0.15, 0.2) is 0 Å². The molecule has 0 saturated heterocycles. The van der Waals surface area contributed by atoms with Crippen molar-refractivity contribution >= 4 is 27.2 Å². The van der Waals surface area contributed by atoms with Gasteiger partial charge < -0.3 is 10.5 Å². The van der Waals surface area contributed by atoms with Gasteiger partial charge >= 0.3 is 0 Å². The van der Waals surface area contributed by atoms with Crippen molar-refractivity contribution in [1.29, 1.82) is 0 Å². The van der Waals surface area contributed by atoms with Crippen LogP contribution in [0.25, 0.3) is 0 Å². The van der Waals surface area contributed by atoms with Crippen LogP contribution < -0.4 is 10.5 Å². The summed E-state index contributed by atoms with van der Waals surface area (Å²) in [7, 11) is -3.35. The van der Waals surface area contributed by atoms with E-state index in [1.807, 2.05) is 6.92 Å². The van der Waals surface area contributed by atoms with Crippen molar-refractivity contribution in [3.63, 3.8) is 0 Å². The second-order valence-electron chi connectivity index (χ2n) is 3.09. The smallest absolute Gasteiger partial charge is 0.218 e. The van der Waals surface area contributed by atoms with Crippen LogP contribution in [0.3, 0.4) is 0 Å². The number of thiocarbonyl (C=S) groups is 1. The second kappa shape index (κ2) is 7.98. The first-order chi connectivity index (χ1) is 6.98. The zero-order chi connectivity index (χ0) is 11.7. The molecule has 0 aromatic carbocycles. The molecular weight excluding hydrogens is 236 g/mol. The maximum Gasteiger partial charge on any atom is 0.218 e. The molecule has 0 spiro atoms. The first kappa shape index (κ1) is 14.8. The van der Waals surface area contributed by atoms with Gasteiger partial charge in [0.2, 0.25) is 10.0 Å². The van der Waals surface area contributed by atoms with Crippen LogP contribution >= 0.6 is 12.2 Å². The second-order valence-corrected chi connectivity index (χ2v) is 5.42. The number of rotatable bonds is 9. The molecule has 0 radical (unpaired) electrons. The Balaban J connectivity index is 3.54. The summed E-state index contributed by atoms with van der Waals surface area (Å²) in [6.45, 7) is 3.64. The van der Waals surface area contributed by atoms with Gasteiger partial charge in [-0.05, 0) is 12.8 Å². The van der Waals surface area contributed by atoms with E-state index in [-0.39, 0.29) is 10.7 Å². The van der Waals surface area contributed by atoms with Crippen molar-refractivity contribution in [3.05, 3.63) is 0 Å². The lowest BCUT2D eigenvalue weighted by Crippen LogP contribution is -2.33. The van der Waals surface area contributed by atoms with Gasteiger partial charge in [-0.25, -0.2) is 13.1 Å². The number of nitrogens with one attached hydrogen (secondary N) is 1. The van der Waals surface area contributed by atoms with Crippen LogP contribution in [-0.4, -0.2) is 38.9 Å². The van der Waals surface area contributed by atoms with E-state index in [9.17, 15) is 8.42 Å². The van der Waals surface area contributed by atoms with Gasteiger partial charge in [0.25, 0.3) is 0 Å². The van der Waals surface area contributed by atoms with E-state index in [1.165, 1.54) is 0 Å². The minimum atomic E-state index is -3.35. The molecule has 0 aromatic rings. The fraction of sp³-hybridized carbons (Fsp3) is 0.875. The quantitative estimate of drug-likeness (QED) is 0.447. The van der Waals surface area contributed by atoms with Gasteiger partial charge in [0.1, 0.15) is 5.75 Å². The van der Waals surface area contributed by atoms with Crippen molar-refractivity contribution in [2.75, 3.05) is 25.5 Å². The maximum absolute atomic E-state index is 11.2. The summed E-state index contributed by atoms with van der Waals surface area (Å²) in [6, 6.07) is 0.